The molecule has 0 bridgehead atoms. The van der Waals surface area contributed by atoms with Gasteiger partial charge < -0.3 is 5.11 Å². The predicted molar refractivity (Wildman–Crippen MR) is 93.5 cm³/mol. The molecule has 1 N–H and O–H groups in total. The lowest BCUT2D eigenvalue weighted by atomic mass is 9.82. The van der Waals surface area contributed by atoms with Gasteiger partial charge in [0.2, 0.25) is 0 Å². The minimum Gasteiger partial charge on any atom is -0.480 e. The van der Waals surface area contributed by atoms with Gasteiger partial charge in [0.1, 0.15) is 0 Å². The second kappa shape index (κ2) is 6.59. The van der Waals surface area contributed by atoms with Gasteiger partial charge in [-0.3, -0.25) is 4.79 Å². The molecule has 1 atom stereocenters. The highest BCUT2D eigenvalue weighted by molar-refractivity contribution is 5.71. The van der Waals surface area contributed by atoms with Crippen LogP contribution in [0.1, 0.15) is 56.1 Å². The lowest BCUT2D eigenvalue weighted by Crippen LogP contribution is -2.33. The number of carboxylic acid groups (broad SMARTS) is 1. The standard InChI is InChI=1S/C19H24N2O3/c1-12-10-15(17(22)21(20-12)13(2)18(23)24)11-14-8-6-7-9-16(14)19(3,4)5/h6-10,13H,11H2,1-5H3,(H,23,24). The van der Waals surface area contributed by atoms with E-state index in [1.165, 1.54) is 12.5 Å². The Morgan fingerprint density at radius 3 is 2.46 bits per heavy atom. The molecule has 0 aliphatic heterocycles. The van der Waals surface area contributed by atoms with E-state index in [-0.39, 0.29) is 11.0 Å². The molecule has 0 fully saturated rings. The highest BCUT2D eigenvalue weighted by Gasteiger charge is 2.21. The molecule has 1 unspecified atom stereocenters. The lowest BCUT2D eigenvalue weighted by Gasteiger charge is -2.23. The SMILES string of the molecule is Cc1cc(Cc2ccccc2C(C)(C)C)c(=O)n(C(C)C(=O)O)n1. The summed E-state index contributed by atoms with van der Waals surface area (Å²) in [6, 6.07) is 8.79. The number of hydrogen-bond acceptors (Lipinski definition) is 3. The Morgan fingerprint density at radius 2 is 1.88 bits per heavy atom. The normalized spacial score (nSPS) is 12.9. The number of carboxylic acids is 1. The van der Waals surface area contributed by atoms with E-state index in [1.54, 1.807) is 13.0 Å². The van der Waals surface area contributed by atoms with Gasteiger partial charge in [-0.15, -0.1) is 0 Å². The molecule has 0 radical (unpaired) electrons. The van der Waals surface area contributed by atoms with E-state index in [0.29, 0.717) is 17.7 Å². The molecular weight excluding hydrogens is 304 g/mol. The van der Waals surface area contributed by atoms with Gasteiger partial charge in [0.25, 0.3) is 5.56 Å². The summed E-state index contributed by atoms with van der Waals surface area (Å²) in [6.45, 7) is 9.63. The van der Waals surface area contributed by atoms with Gasteiger partial charge in [0.15, 0.2) is 6.04 Å². The number of aromatic nitrogens is 2. The van der Waals surface area contributed by atoms with Crippen molar-refractivity contribution >= 4 is 5.97 Å². The Morgan fingerprint density at radius 1 is 1.25 bits per heavy atom. The lowest BCUT2D eigenvalue weighted by molar-refractivity contribution is -0.140. The third kappa shape index (κ3) is 3.72. The number of nitrogens with zero attached hydrogens (tertiary/aromatic N) is 2. The van der Waals surface area contributed by atoms with Crippen LogP contribution in [0.4, 0.5) is 0 Å². The van der Waals surface area contributed by atoms with Crippen molar-refractivity contribution in [3.8, 4) is 0 Å². The Kier molecular flexibility index (Phi) is 4.92. The first-order chi connectivity index (χ1) is 11.1. The topological polar surface area (TPSA) is 72.2 Å². The van der Waals surface area contributed by atoms with Crippen LogP contribution in [0.25, 0.3) is 0 Å². The van der Waals surface area contributed by atoms with E-state index >= 15 is 0 Å². The highest BCUT2D eigenvalue weighted by Crippen LogP contribution is 2.27. The third-order valence-electron chi connectivity index (χ3n) is 4.06. The molecule has 0 aliphatic rings. The highest BCUT2D eigenvalue weighted by atomic mass is 16.4. The first-order valence-corrected chi connectivity index (χ1v) is 8.02. The second-order valence-corrected chi connectivity index (χ2v) is 7.16. The quantitative estimate of drug-likeness (QED) is 0.936. The van der Waals surface area contributed by atoms with Crippen molar-refractivity contribution in [1.82, 2.24) is 9.78 Å². The first kappa shape index (κ1) is 17.9. The van der Waals surface area contributed by atoms with E-state index in [4.69, 9.17) is 0 Å². The fourth-order valence-electron chi connectivity index (χ4n) is 2.81. The van der Waals surface area contributed by atoms with Gasteiger partial charge >= 0.3 is 5.97 Å². The van der Waals surface area contributed by atoms with Crippen LogP contribution in [-0.4, -0.2) is 20.9 Å². The van der Waals surface area contributed by atoms with Gasteiger partial charge in [0, 0.05) is 12.0 Å². The number of aliphatic carboxylic acids is 1. The summed E-state index contributed by atoms with van der Waals surface area (Å²) >= 11 is 0. The Labute approximate surface area is 142 Å². The van der Waals surface area contributed by atoms with Crippen molar-refractivity contribution in [2.45, 2.75) is 52.5 Å². The maximum Gasteiger partial charge on any atom is 0.328 e. The van der Waals surface area contributed by atoms with Crippen molar-refractivity contribution in [2.24, 2.45) is 0 Å². The fourth-order valence-corrected chi connectivity index (χ4v) is 2.81. The zero-order valence-electron chi connectivity index (χ0n) is 14.8. The van der Waals surface area contributed by atoms with E-state index in [1.807, 2.05) is 18.2 Å². The first-order valence-electron chi connectivity index (χ1n) is 8.02. The zero-order valence-corrected chi connectivity index (χ0v) is 14.8. The van der Waals surface area contributed by atoms with Crippen molar-refractivity contribution < 1.29 is 9.90 Å². The van der Waals surface area contributed by atoms with Crippen LogP contribution < -0.4 is 5.56 Å². The summed E-state index contributed by atoms with van der Waals surface area (Å²) in [7, 11) is 0. The summed E-state index contributed by atoms with van der Waals surface area (Å²) in [6.07, 6.45) is 0.460. The molecule has 1 heterocycles. The molecule has 0 aliphatic carbocycles. The number of carbonyl (C=O) groups is 1. The molecule has 2 rings (SSSR count). The van der Waals surface area contributed by atoms with Crippen molar-refractivity contribution in [3.63, 3.8) is 0 Å². The number of hydrogen-bond donors (Lipinski definition) is 1. The molecule has 5 nitrogen and oxygen atoms in total. The van der Waals surface area contributed by atoms with Gasteiger partial charge in [-0.1, -0.05) is 45.0 Å². The Balaban J connectivity index is 2.53. The van der Waals surface area contributed by atoms with E-state index in [0.717, 1.165) is 10.2 Å². The molecule has 24 heavy (non-hydrogen) atoms. The molecular formula is C19H24N2O3. The van der Waals surface area contributed by atoms with Gasteiger partial charge in [-0.25, -0.2) is 9.48 Å². The average Bonchev–Trinajstić information content (AvgIpc) is 2.49. The number of rotatable bonds is 4. The number of aryl methyl sites for hydroxylation is 1. The maximum absolute atomic E-state index is 12.7. The van der Waals surface area contributed by atoms with E-state index < -0.39 is 12.0 Å². The molecule has 0 spiro atoms. The Hall–Kier alpha value is -2.43. The van der Waals surface area contributed by atoms with E-state index in [9.17, 15) is 14.7 Å². The fraction of sp³-hybridized carbons (Fsp3) is 0.421. The van der Waals surface area contributed by atoms with Crippen molar-refractivity contribution in [2.75, 3.05) is 0 Å². The molecule has 1 aromatic carbocycles. The average molecular weight is 328 g/mol. The van der Waals surface area contributed by atoms with E-state index in [2.05, 4.69) is 31.9 Å². The molecule has 2 aromatic rings. The van der Waals surface area contributed by atoms with Gasteiger partial charge in [-0.05, 0) is 36.5 Å². The van der Waals surface area contributed by atoms with Crippen LogP contribution in [0.15, 0.2) is 35.1 Å². The van der Waals surface area contributed by atoms with Gasteiger partial charge in [-0.2, -0.15) is 5.10 Å². The monoisotopic (exact) mass is 328 g/mol. The molecule has 0 saturated heterocycles. The summed E-state index contributed by atoms with van der Waals surface area (Å²) in [4.78, 5) is 23.9. The largest absolute Gasteiger partial charge is 0.480 e. The Bertz CT molecular complexity index is 816. The molecule has 1 aromatic heterocycles. The molecule has 5 heteroatoms. The second-order valence-electron chi connectivity index (χ2n) is 7.16. The zero-order chi connectivity index (χ0) is 18.1. The number of benzene rings is 1. The van der Waals surface area contributed by atoms with Crippen LogP contribution in [0, 0.1) is 6.92 Å². The third-order valence-corrected chi connectivity index (χ3v) is 4.06. The van der Waals surface area contributed by atoms with Crippen LogP contribution in [0.3, 0.4) is 0 Å². The van der Waals surface area contributed by atoms with Crippen molar-refractivity contribution in [1.29, 1.82) is 0 Å². The molecule has 0 saturated carbocycles. The minimum atomic E-state index is -1.07. The van der Waals surface area contributed by atoms with Crippen LogP contribution >= 0.6 is 0 Å². The maximum atomic E-state index is 12.7. The summed E-state index contributed by atoms with van der Waals surface area (Å²) in [5, 5.41) is 13.3. The summed E-state index contributed by atoms with van der Waals surface area (Å²) in [5.74, 6) is -1.07. The summed E-state index contributed by atoms with van der Waals surface area (Å²) in [5.41, 5.74) is 3.06. The molecule has 128 valence electrons. The minimum absolute atomic E-state index is 0.0357. The molecule has 0 amide bonds. The van der Waals surface area contributed by atoms with Crippen LogP contribution in [0.2, 0.25) is 0 Å². The smallest absolute Gasteiger partial charge is 0.328 e. The predicted octanol–water partition coefficient (Wildman–Crippen LogP) is 3.09. The van der Waals surface area contributed by atoms with Crippen LogP contribution in [0.5, 0.6) is 0 Å². The summed E-state index contributed by atoms with van der Waals surface area (Å²) < 4.78 is 1.06. The van der Waals surface area contributed by atoms with Crippen LogP contribution in [-0.2, 0) is 16.6 Å². The van der Waals surface area contributed by atoms with Gasteiger partial charge in [0.05, 0.1) is 5.69 Å². The van der Waals surface area contributed by atoms with Crippen molar-refractivity contribution in [3.05, 3.63) is 63.1 Å².